The van der Waals surface area contributed by atoms with Crippen LogP contribution in [0, 0.1) is 0 Å². The number of benzene rings is 1. The van der Waals surface area contributed by atoms with Crippen LogP contribution in [0.1, 0.15) is 13.8 Å². The van der Waals surface area contributed by atoms with Crippen LogP contribution in [0.2, 0.25) is 0 Å². The molecule has 1 aromatic carbocycles. The second-order valence-electron chi connectivity index (χ2n) is 4.78. The summed E-state index contributed by atoms with van der Waals surface area (Å²) in [6.07, 6.45) is -0.573. The lowest BCUT2D eigenvalue weighted by atomic mass is 10.2. The number of hydrogen-bond donors (Lipinski definition) is 2. The third kappa shape index (κ3) is 5.31. The van der Waals surface area contributed by atoms with Crippen molar-refractivity contribution in [3.8, 4) is 17.0 Å². The number of aromatic hydroxyl groups is 1. The lowest BCUT2D eigenvalue weighted by Crippen LogP contribution is -2.28. The van der Waals surface area contributed by atoms with Crippen LogP contribution in [0.15, 0.2) is 29.6 Å². The average molecular weight is 336 g/mol. The Morgan fingerprint density at radius 3 is 2.78 bits per heavy atom. The first-order valence-electron chi connectivity index (χ1n) is 7.35. The summed E-state index contributed by atoms with van der Waals surface area (Å²) in [7, 11) is 0. The molecule has 0 aliphatic rings. The molecule has 0 aliphatic heterocycles. The number of hydrogen-bond acceptors (Lipinski definition) is 6. The normalized spacial score (nSPS) is 12.1. The van der Waals surface area contributed by atoms with Crippen LogP contribution in [0.5, 0.6) is 5.75 Å². The van der Waals surface area contributed by atoms with Gasteiger partial charge in [0.15, 0.2) is 5.13 Å². The number of amides is 1. The number of anilines is 1. The van der Waals surface area contributed by atoms with Crippen molar-refractivity contribution in [2.24, 2.45) is 0 Å². The highest BCUT2D eigenvalue weighted by atomic mass is 32.1. The first-order chi connectivity index (χ1) is 11.1. The molecule has 1 amide bonds. The summed E-state index contributed by atoms with van der Waals surface area (Å²) in [5, 5.41) is 14.4. The lowest BCUT2D eigenvalue weighted by Gasteiger charge is -2.11. The Hall–Kier alpha value is -1.96. The van der Waals surface area contributed by atoms with Crippen LogP contribution in [-0.4, -0.2) is 41.9 Å². The van der Waals surface area contributed by atoms with Gasteiger partial charge in [-0.15, -0.1) is 11.3 Å². The van der Waals surface area contributed by atoms with Gasteiger partial charge in [-0.05, 0) is 38.1 Å². The van der Waals surface area contributed by atoms with E-state index in [4.69, 9.17) is 9.47 Å². The molecule has 0 bridgehead atoms. The molecule has 1 unspecified atom stereocenters. The lowest BCUT2D eigenvalue weighted by molar-refractivity contribution is -0.127. The van der Waals surface area contributed by atoms with E-state index in [1.54, 1.807) is 31.2 Å². The Labute approximate surface area is 139 Å². The number of rotatable bonds is 8. The smallest absolute Gasteiger partial charge is 0.254 e. The van der Waals surface area contributed by atoms with E-state index in [-0.39, 0.29) is 11.7 Å². The number of nitrogens with one attached hydrogen (secondary N) is 1. The number of carbonyl (C=O) groups is 1. The molecular formula is C16H20N2O4S. The molecule has 6 nitrogen and oxygen atoms in total. The highest BCUT2D eigenvalue weighted by Gasteiger charge is 2.15. The summed E-state index contributed by atoms with van der Waals surface area (Å²) in [6, 6.07) is 6.74. The van der Waals surface area contributed by atoms with Gasteiger partial charge in [-0.25, -0.2) is 4.98 Å². The Morgan fingerprint density at radius 2 is 2.09 bits per heavy atom. The number of nitrogens with zero attached hydrogens (tertiary/aromatic N) is 1. The minimum Gasteiger partial charge on any atom is -0.508 e. The van der Waals surface area contributed by atoms with Crippen LogP contribution in [0.3, 0.4) is 0 Å². The maximum atomic E-state index is 12.0. The van der Waals surface area contributed by atoms with Gasteiger partial charge in [0.2, 0.25) is 0 Å². The molecule has 124 valence electrons. The summed E-state index contributed by atoms with van der Waals surface area (Å²) in [5.41, 5.74) is 1.62. The van der Waals surface area contributed by atoms with Crippen molar-refractivity contribution >= 4 is 22.4 Å². The van der Waals surface area contributed by atoms with E-state index in [1.165, 1.54) is 11.3 Å². The number of carbonyl (C=O) groups excluding carboxylic acids is 1. The van der Waals surface area contributed by atoms with Gasteiger partial charge in [0.05, 0.1) is 18.9 Å². The van der Waals surface area contributed by atoms with Crippen molar-refractivity contribution in [3.63, 3.8) is 0 Å². The molecule has 0 saturated heterocycles. The predicted molar refractivity (Wildman–Crippen MR) is 89.8 cm³/mol. The summed E-state index contributed by atoms with van der Waals surface area (Å²) >= 11 is 1.34. The molecule has 7 heteroatoms. The van der Waals surface area contributed by atoms with Gasteiger partial charge >= 0.3 is 0 Å². The Morgan fingerprint density at radius 1 is 1.35 bits per heavy atom. The Balaban J connectivity index is 1.88. The van der Waals surface area contributed by atoms with Crippen molar-refractivity contribution in [2.75, 3.05) is 25.1 Å². The van der Waals surface area contributed by atoms with E-state index in [0.717, 1.165) is 11.3 Å². The van der Waals surface area contributed by atoms with Crippen molar-refractivity contribution in [1.29, 1.82) is 0 Å². The van der Waals surface area contributed by atoms with Crippen molar-refractivity contribution in [1.82, 2.24) is 4.98 Å². The molecule has 1 heterocycles. The third-order valence-corrected chi connectivity index (χ3v) is 3.82. The fraction of sp³-hybridized carbons (Fsp3) is 0.375. The van der Waals surface area contributed by atoms with Crippen LogP contribution in [-0.2, 0) is 14.3 Å². The van der Waals surface area contributed by atoms with Crippen LogP contribution >= 0.6 is 11.3 Å². The summed E-state index contributed by atoms with van der Waals surface area (Å²) in [4.78, 5) is 16.4. The maximum Gasteiger partial charge on any atom is 0.254 e. The monoisotopic (exact) mass is 336 g/mol. The number of thiazole rings is 1. The topological polar surface area (TPSA) is 80.7 Å². The van der Waals surface area contributed by atoms with Gasteiger partial charge in [-0.3, -0.25) is 10.1 Å². The van der Waals surface area contributed by atoms with Crippen LogP contribution in [0.25, 0.3) is 11.3 Å². The first-order valence-corrected chi connectivity index (χ1v) is 8.23. The fourth-order valence-electron chi connectivity index (χ4n) is 1.81. The molecule has 2 N–H and O–H groups in total. The molecular weight excluding hydrogens is 316 g/mol. The molecule has 0 aliphatic carbocycles. The van der Waals surface area contributed by atoms with E-state index in [9.17, 15) is 9.90 Å². The molecule has 2 rings (SSSR count). The highest BCUT2D eigenvalue weighted by Crippen LogP contribution is 2.26. The van der Waals surface area contributed by atoms with E-state index in [1.807, 2.05) is 12.3 Å². The van der Waals surface area contributed by atoms with E-state index in [2.05, 4.69) is 10.3 Å². The molecule has 1 aromatic heterocycles. The quantitative estimate of drug-likeness (QED) is 0.725. The zero-order valence-electron chi connectivity index (χ0n) is 13.1. The molecule has 0 spiro atoms. The number of aromatic nitrogens is 1. The standard InChI is InChI=1S/C16H20N2O4S/c1-3-21-8-9-22-11(2)15(20)18-16-17-14(10-23-16)12-4-6-13(19)7-5-12/h4-7,10-11,19H,3,8-9H2,1-2H3,(H,17,18,20). The summed E-state index contributed by atoms with van der Waals surface area (Å²) in [5.74, 6) is -0.0383. The van der Waals surface area contributed by atoms with Gasteiger partial charge in [0.25, 0.3) is 5.91 Å². The second-order valence-corrected chi connectivity index (χ2v) is 5.64. The fourth-order valence-corrected chi connectivity index (χ4v) is 2.53. The maximum absolute atomic E-state index is 12.0. The zero-order chi connectivity index (χ0) is 16.7. The van der Waals surface area contributed by atoms with Gasteiger partial charge in [0, 0.05) is 17.6 Å². The number of ether oxygens (including phenoxy) is 2. The minimum absolute atomic E-state index is 0.204. The van der Waals surface area contributed by atoms with E-state index >= 15 is 0 Å². The summed E-state index contributed by atoms with van der Waals surface area (Å²) in [6.45, 7) is 5.07. The van der Waals surface area contributed by atoms with Crippen molar-refractivity contribution < 1.29 is 19.4 Å². The molecule has 0 radical (unpaired) electrons. The molecule has 2 aromatic rings. The van der Waals surface area contributed by atoms with Crippen LogP contribution in [0.4, 0.5) is 5.13 Å². The minimum atomic E-state index is -0.573. The zero-order valence-corrected chi connectivity index (χ0v) is 13.9. The Kier molecular flexibility index (Phi) is 6.52. The van der Waals surface area contributed by atoms with Crippen molar-refractivity contribution in [3.05, 3.63) is 29.6 Å². The van der Waals surface area contributed by atoms with E-state index in [0.29, 0.717) is 25.0 Å². The predicted octanol–water partition coefficient (Wildman–Crippen LogP) is 2.90. The number of phenolic OH excluding ortho intramolecular Hbond substituents is 1. The SMILES string of the molecule is CCOCCOC(C)C(=O)Nc1nc(-c2ccc(O)cc2)cs1. The van der Waals surface area contributed by atoms with Crippen LogP contribution < -0.4 is 5.32 Å². The number of phenols is 1. The van der Waals surface area contributed by atoms with Crippen molar-refractivity contribution in [2.45, 2.75) is 20.0 Å². The van der Waals surface area contributed by atoms with Gasteiger partial charge in [-0.1, -0.05) is 0 Å². The highest BCUT2D eigenvalue weighted by molar-refractivity contribution is 7.14. The van der Waals surface area contributed by atoms with Gasteiger partial charge in [0.1, 0.15) is 11.9 Å². The molecule has 0 fully saturated rings. The largest absolute Gasteiger partial charge is 0.508 e. The molecule has 0 saturated carbocycles. The second kappa shape index (κ2) is 8.61. The Bertz CT molecular complexity index is 627. The van der Waals surface area contributed by atoms with E-state index < -0.39 is 6.10 Å². The van der Waals surface area contributed by atoms with Gasteiger partial charge in [-0.2, -0.15) is 0 Å². The molecule has 23 heavy (non-hydrogen) atoms. The third-order valence-electron chi connectivity index (χ3n) is 3.07. The summed E-state index contributed by atoms with van der Waals surface area (Å²) < 4.78 is 10.6. The average Bonchev–Trinajstić information content (AvgIpc) is 3.00. The first kappa shape index (κ1) is 17.4. The van der Waals surface area contributed by atoms with Gasteiger partial charge < -0.3 is 14.6 Å². The molecule has 1 atom stereocenters.